The molecule has 0 spiro atoms. The molecule has 0 aromatic heterocycles. The molecule has 0 fully saturated rings. The van der Waals surface area contributed by atoms with Gasteiger partial charge in [0.05, 0.1) is 0 Å². The predicted molar refractivity (Wildman–Crippen MR) is 45.2 cm³/mol. The first-order valence-electron chi connectivity index (χ1n) is 2.96. The number of amides is 1. The first-order chi connectivity index (χ1) is 4.45. The molecule has 1 aliphatic rings. The van der Waals surface area contributed by atoms with E-state index in [-0.39, 0.29) is 33.0 Å². The number of carbonyl (C=O) groups is 1. The Morgan fingerprint density at radius 2 is 2.00 bits per heavy atom. The normalized spacial score (nSPS) is 21.9. The molecule has 0 bridgehead atoms. The number of carbonyl (C=O) groups excluding carboxylic acids is 1. The van der Waals surface area contributed by atoms with Crippen molar-refractivity contribution in [2.45, 2.75) is 18.6 Å². The third kappa shape index (κ3) is 2.06. The van der Waals surface area contributed by atoms with Crippen LogP contribution < -0.4 is 0 Å². The minimum atomic E-state index is -0.341. The molecule has 1 heterocycles. The minimum Gasteiger partial charge on any atom is -0.703 e. The summed E-state index contributed by atoms with van der Waals surface area (Å²) in [6, 6.07) is 0. The second kappa shape index (κ2) is 3.58. The molecule has 0 aliphatic carbocycles. The fraction of sp³-hybridized carbons (Fsp3) is 0.667. The number of hydrogen-bond donors (Lipinski definition) is 0. The Labute approximate surface area is 91.7 Å². The van der Waals surface area contributed by atoms with Crippen LogP contribution in [0.15, 0.2) is 0 Å². The summed E-state index contributed by atoms with van der Waals surface area (Å²) in [5.74, 6) is 0.0995. The van der Waals surface area contributed by atoms with E-state index >= 15 is 0 Å². The molecule has 0 saturated heterocycles. The Bertz CT molecular complexity index is 225. The second-order valence-corrected chi connectivity index (χ2v) is 5.00. The average molecular weight is 372 g/mol. The van der Waals surface area contributed by atoms with Gasteiger partial charge in [-0.15, -0.1) is 0 Å². The first-order valence-corrected chi connectivity index (χ1v) is 4.19. The Morgan fingerprint density at radius 3 is 2.09 bits per heavy atom. The van der Waals surface area contributed by atoms with Crippen molar-refractivity contribution in [3.8, 4) is 0 Å². The van der Waals surface area contributed by atoms with Crippen molar-refractivity contribution in [3.05, 3.63) is 0 Å². The molecule has 0 unspecified atom stereocenters. The summed E-state index contributed by atoms with van der Waals surface area (Å²) in [4.78, 5) is 11.3. The van der Waals surface area contributed by atoms with E-state index in [4.69, 9.17) is 12.6 Å². The van der Waals surface area contributed by atoms with E-state index in [9.17, 15) is 4.79 Å². The molecule has 0 aromatic carbocycles. The zero-order chi connectivity index (χ0) is 7.94. The maximum atomic E-state index is 11.3. The van der Waals surface area contributed by atoms with Crippen LogP contribution in [0.5, 0.6) is 0 Å². The SMILES string of the molecule is C[N+]1=C([S-])SC(C)(C)C1=O.[Au+]. The Hall–Kier alpha value is 0.650. The van der Waals surface area contributed by atoms with Gasteiger partial charge in [-0.25, -0.2) is 4.79 Å². The average Bonchev–Trinajstić information content (AvgIpc) is 1.95. The van der Waals surface area contributed by atoms with Crippen LogP contribution in [0.1, 0.15) is 13.8 Å². The van der Waals surface area contributed by atoms with E-state index < -0.39 is 0 Å². The molecular weight excluding hydrogens is 363 g/mol. The standard InChI is InChI=1S/C6H9NOS2.Au/c1-6(2)4(8)7(3)5(9)10-6;/h1-3H3;/q;+1. The van der Waals surface area contributed by atoms with Crippen LogP contribution in [0, 0.1) is 0 Å². The van der Waals surface area contributed by atoms with Gasteiger partial charge in [-0.1, -0.05) is 11.8 Å². The van der Waals surface area contributed by atoms with Gasteiger partial charge < -0.3 is 12.6 Å². The predicted octanol–water partition coefficient (Wildman–Crippen LogP) is 0.581. The van der Waals surface area contributed by atoms with Crippen LogP contribution in [0.2, 0.25) is 0 Å². The van der Waals surface area contributed by atoms with Crippen molar-refractivity contribution in [3.63, 3.8) is 0 Å². The summed E-state index contributed by atoms with van der Waals surface area (Å²) < 4.78 is 1.86. The van der Waals surface area contributed by atoms with E-state index in [0.717, 1.165) is 0 Å². The second-order valence-electron chi connectivity index (χ2n) is 2.74. The first kappa shape index (κ1) is 11.7. The summed E-state index contributed by atoms with van der Waals surface area (Å²) >= 11 is 6.38. The van der Waals surface area contributed by atoms with E-state index in [1.165, 1.54) is 16.3 Å². The van der Waals surface area contributed by atoms with Gasteiger partial charge in [-0.05, 0) is 13.8 Å². The van der Waals surface area contributed by atoms with Crippen LogP contribution >= 0.6 is 11.8 Å². The summed E-state index contributed by atoms with van der Waals surface area (Å²) in [5, 5.41) is 0. The Morgan fingerprint density at radius 1 is 1.55 bits per heavy atom. The van der Waals surface area contributed by atoms with Crippen LogP contribution in [0.25, 0.3) is 0 Å². The molecule has 2 nitrogen and oxygen atoms in total. The number of hydrogen-bond acceptors (Lipinski definition) is 3. The number of rotatable bonds is 0. The summed E-state index contributed by atoms with van der Waals surface area (Å²) in [6.07, 6.45) is 0. The van der Waals surface area contributed by atoms with E-state index in [1.54, 1.807) is 7.05 Å². The number of nitrogens with zero attached hydrogens (tertiary/aromatic N) is 1. The fourth-order valence-electron chi connectivity index (χ4n) is 0.817. The van der Waals surface area contributed by atoms with Crippen LogP contribution in [-0.2, 0) is 39.8 Å². The van der Waals surface area contributed by atoms with Gasteiger partial charge in [0.2, 0.25) is 0 Å². The molecule has 5 heteroatoms. The van der Waals surface area contributed by atoms with Crippen LogP contribution in [0.4, 0.5) is 0 Å². The monoisotopic (exact) mass is 372 g/mol. The van der Waals surface area contributed by atoms with Crippen molar-refractivity contribution in [1.82, 2.24) is 0 Å². The third-order valence-electron chi connectivity index (χ3n) is 1.44. The van der Waals surface area contributed by atoms with Crippen LogP contribution in [-0.4, -0.2) is 26.7 Å². The smallest absolute Gasteiger partial charge is 0.703 e. The van der Waals surface area contributed by atoms with Gasteiger partial charge in [0.25, 0.3) is 0 Å². The zero-order valence-corrected chi connectivity index (χ0v) is 10.3. The van der Waals surface area contributed by atoms with Gasteiger partial charge in [-0.3, -0.25) is 0 Å². The Balaban J connectivity index is 0.000001000. The van der Waals surface area contributed by atoms with Crippen molar-refractivity contribution in [2.24, 2.45) is 0 Å². The molecule has 0 N–H and O–H groups in total. The maximum absolute atomic E-state index is 11.3. The van der Waals surface area contributed by atoms with E-state index in [2.05, 4.69) is 0 Å². The maximum Gasteiger partial charge on any atom is 1.00 e. The summed E-state index contributed by atoms with van der Waals surface area (Å²) in [6.45, 7) is 3.77. The molecule has 66 valence electrons. The topological polar surface area (TPSA) is 20.1 Å². The third-order valence-corrected chi connectivity index (χ3v) is 3.09. The Kier molecular flexibility index (Phi) is 3.79. The van der Waals surface area contributed by atoms with Crippen molar-refractivity contribution >= 4 is 34.7 Å². The van der Waals surface area contributed by atoms with Gasteiger partial charge in [0, 0.05) is 0 Å². The fourth-order valence-corrected chi connectivity index (χ4v) is 2.41. The molecule has 0 radical (unpaired) electrons. The van der Waals surface area contributed by atoms with Gasteiger partial charge in [0.15, 0.2) is 0 Å². The van der Waals surface area contributed by atoms with E-state index in [0.29, 0.717) is 4.38 Å². The van der Waals surface area contributed by atoms with E-state index in [1.807, 2.05) is 13.8 Å². The number of thioether (sulfide) groups is 1. The zero-order valence-electron chi connectivity index (χ0n) is 6.47. The van der Waals surface area contributed by atoms with Gasteiger partial charge >= 0.3 is 28.3 Å². The van der Waals surface area contributed by atoms with Crippen LogP contribution in [0.3, 0.4) is 0 Å². The van der Waals surface area contributed by atoms with Crippen molar-refractivity contribution in [1.29, 1.82) is 0 Å². The molecule has 0 saturated carbocycles. The molecule has 11 heavy (non-hydrogen) atoms. The largest absolute Gasteiger partial charge is 1.00 e. The molecule has 1 rings (SSSR count). The quantitative estimate of drug-likeness (QED) is 0.353. The van der Waals surface area contributed by atoms with Gasteiger partial charge in [-0.2, -0.15) is 4.58 Å². The van der Waals surface area contributed by atoms with Gasteiger partial charge in [0.1, 0.15) is 16.2 Å². The molecular formula is C6H9AuNOS2+. The molecule has 0 atom stereocenters. The molecule has 1 aliphatic heterocycles. The minimum absolute atomic E-state index is 0. The molecule has 1 amide bonds. The summed E-state index contributed by atoms with van der Waals surface area (Å²) in [7, 11) is 1.71. The van der Waals surface area contributed by atoms with Crippen molar-refractivity contribution in [2.75, 3.05) is 7.05 Å². The van der Waals surface area contributed by atoms with Crippen molar-refractivity contribution < 1.29 is 31.8 Å². The summed E-state index contributed by atoms with van der Waals surface area (Å²) in [5.41, 5.74) is 0. The molecule has 0 aromatic rings.